The topological polar surface area (TPSA) is 37.3 Å². The summed E-state index contributed by atoms with van der Waals surface area (Å²) in [4.78, 5) is 10.7. The van der Waals surface area contributed by atoms with Gasteiger partial charge in [-0.15, -0.1) is 0 Å². The molecule has 0 amide bonds. The van der Waals surface area contributed by atoms with E-state index in [9.17, 15) is 4.79 Å². The lowest BCUT2D eigenvalue weighted by Crippen LogP contribution is -2.10. The van der Waals surface area contributed by atoms with Crippen LogP contribution in [0.3, 0.4) is 0 Å². The fraction of sp³-hybridized carbons (Fsp3) is 0.667. The molecule has 0 aliphatic heterocycles. The van der Waals surface area contributed by atoms with Crippen molar-refractivity contribution in [1.29, 1.82) is 0 Å². The van der Waals surface area contributed by atoms with Crippen LogP contribution in [0.4, 0.5) is 0 Å². The smallest absolute Gasteiger partial charge is 0.303 e. The zero-order valence-corrected chi connectivity index (χ0v) is 10.8. The number of carbonyl (C=O) groups is 1. The summed E-state index contributed by atoms with van der Waals surface area (Å²) in [6.07, 6.45) is 15.9. The third-order valence-electron chi connectivity index (χ3n) is 3.48. The van der Waals surface area contributed by atoms with Crippen molar-refractivity contribution in [2.24, 2.45) is 11.8 Å². The normalized spacial score (nSPS) is 25.0. The van der Waals surface area contributed by atoms with Gasteiger partial charge in [0, 0.05) is 6.42 Å². The maximum Gasteiger partial charge on any atom is 0.303 e. The SMILES string of the molecule is CCCC/C=C\C=CC1CCC[C@@H]1CC(=O)O. The lowest BCUT2D eigenvalue weighted by molar-refractivity contribution is -0.138. The number of hydrogen-bond acceptors (Lipinski definition) is 1. The molecule has 0 aromatic rings. The van der Waals surface area contributed by atoms with Gasteiger partial charge in [-0.25, -0.2) is 0 Å². The summed E-state index contributed by atoms with van der Waals surface area (Å²) in [7, 11) is 0. The molecule has 1 saturated carbocycles. The number of hydrogen-bond donors (Lipinski definition) is 1. The highest BCUT2D eigenvalue weighted by Gasteiger charge is 2.26. The molecular weight excluding hydrogens is 212 g/mol. The van der Waals surface area contributed by atoms with Crippen LogP contribution in [0.25, 0.3) is 0 Å². The van der Waals surface area contributed by atoms with Crippen LogP contribution < -0.4 is 0 Å². The maximum absolute atomic E-state index is 10.7. The molecule has 0 bridgehead atoms. The van der Waals surface area contributed by atoms with E-state index in [0.29, 0.717) is 18.3 Å². The van der Waals surface area contributed by atoms with Crippen molar-refractivity contribution in [1.82, 2.24) is 0 Å². The van der Waals surface area contributed by atoms with Crippen LogP contribution in [0.2, 0.25) is 0 Å². The molecule has 0 heterocycles. The first-order valence-corrected chi connectivity index (χ1v) is 6.79. The molecule has 0 radical (unpaired) electrons. The lowest BCUT2D eigenvalue weighted by atomic mass is 9.92. The highest BCUT2D eigenvalue weighted by molar-refractivity contribution is 5.67. The number of carboxylic acid groups (broad SMARTS) is 1. The zero-order valence-electron chi connectivity index (χ0n) is 10.8. The van der Waals surface area contributed by atoms with Gasteiger partial charge in [0.15, 0.2) is 0 Å². The molecule has 1 N–H and O–H groups in total. The molecule has 1 rings (SSSR count). The van der Waals surface area contributed by atoms with E-state index >= 15 is 0 Å². The highest BCUT2D eigenvalue weighted by Crippen LogP contribution is 2.34. The second kappa shape index (κ2) is 8.10. The molecule has 0 spiro atoms. The second-order valence-corrected chi connectivity index (χ2v) is 4.91. The van der Waals surface area contributed by atoms with Crippen LogP contribution in [-0.2, 0) is 4.79 Å². The molecule has 1 unspecified atom stereocenters. The molecule has 1 aliphatic rings. The zero-order chi connectivity index (χ0) is 12.5. The molecule has 17 heavy (non-hydrogen) atoms. The van der Waals surface area contributed by atoms with Gasteiger partial charge in [-0.3, -0.25) is 4.79 Å². The van der Waals surface area contributed by atoms with E-state index in [1.807, 2.05) is 0 Å². The molecule has 1 aliphatic carbocycles. The van der Waals surface area contributed by atoms with E-state index in [2.05, 4.69) is 31.2 Å². The summed E-state index contributed by atoms with van der Waals surface area (Å²) in [6.45, 7) is 2.19. The molecule has 96 valence electrons. The summed E-state index contributed by atoms with van der Waals surface area (Å²) in [5.74, 6) is 0.170. The minimum Gasteiger partial charge on any atom is -0.481 e. The third kappa shape index (κ3) is 5.71. The Labute approximate surface area is 104 Å². The summed E-state index contributed by atoms with van der Waals surface area (Å²) in [5, 5.41) is 8.82. The Balaban J connectivity index is 2.31. The Kier molecular flexibility index (Phi) is 6.68. The van der Waals surface area contributed by atoms with E-state index in [1.54, 1.807) is 0 Å². The second-order valence-electron chi connectivity index (χ2n) is 4.91. The fourth-order valence-electron chi connectivity index (χ4n) is 2.50. The lowest BCUT2D eigenvalue weighted by Gasteiger charge is -2.12. The summed E-state index contributed by atoms with van der Waals surface area (Å²) in [6, 6.07) is 0. The maximum atomic E-state index is 10.7. The molecule has 2 nitrogen and oxygen atoms in total. The minimum absolute atomic E-state index is 0.328. The quantitative estimate of drug-likeness (QED) is 0.532. The third-order valence-corrected chi connectivity index (χ3v) is 3.48. The minimum atomic E-state index is -0.659. The predicted octanol–water partition coefficient (Wildman–Crippen LogP) is 4.18. The number of unbranched alkanes of at least 4 members (excludes halogenated alkanes) is 2. The summed E-state index contributed by atoms with van der Waals surface area (Å²) >= 11 is 0. The van der Waals surface area contributed by atoms with Gasteiger partial charge < -0.3 is 5.11 Å². The van der Waals surface area contributed by atoms with Gasteiger partial charge in [-0.1, -0.05) is 50.5 Å². The largest absolute Gasteiger partial charge is 0.481 e. The first kappa shape index (κ1) is 14.0. The molecule has 0 aromatic heterocycles. The van der Waals surface area contributed by atoms with Gasteiger partial charge in [0.2, 0.25) is 0 Å². The molecule has 0 aromatic carbocycles. The van der Waals surface area contributed by atoms with Crippen molar-refractivity contribution in [3.8, 4) is 0 Å². The van der Waals surface area contributed by atoms with Crippen molar-refractivity contribution < 1.29 is 9.90 Å². The number of rotatable bonds is 7. The Morgan fingerprint density at radius 1 is 1.35 bits per heavy atom. The molecule has 0 saturated heterocycles. The van der Waals surface area contributed by atoms with Gasteiger partial charge in [-0.05, 0) is 31.1 Å². The van der Waals surface area contributed by atoms with Crippen molar-refractivity contribution in [3.05, 3.63) is 24.3 Å². The average molecular weight is 236 g/mol. The molecular formula is C15H24O2. The highest BCUT2D eigenvalue weighted by atomic mass is 16.4. The van der Waals surface area contributed by atoms with E-state index < -0.39 is 5.97 Å². The molecule has 2 atom stereocenters. The van der Waals surface area contributed by atoms with E-state index in [1.165, 1.54) is 19.3 Å². The fourth-order valence-corrected chi connectivity index (χ4v) is 2.50. The molecule has 1 fully saturated rings. The predicted molar refractivity (Wildman–Crippen MR) is 70.9 cm³/mol. The Morgan fingerprint density at radius 3 is 2.88 bits per heavy atom. The number of aliphatic carboxylic acids is 1. The number of carboxylic acids is 1. The van der Waals surface area contributed by atoms with Gasteiger partial charge in [-0.2, -0.15) is 0 Å². The summed E-state index contributed by atoms with van der Waals surface area (Å²) in [5.41, 5.74) is 0. The molecule has 2 heteroatoms. The van der Waals surface area contributed by atoms with E-state index in [-0.39, 0.29) is 0 Å². The van der Waals surface area contributed by atoms with Crippen molar-refractivity contribution in [2.75, 3.05) is 0 Å². The van der Waals surface area contributed by atoms with Gasteiger partial charge >= 0.3 is 5.97 Å². The van der Waals surface area contributed by atoms with Crippen LogP contribution in [0.1, 0.15) is 51.9 Å². The summed E-state index contributed by atoms with van der Waals surface area (Å²) < 4.78 is 0. The van der Waals surface area contributed by atoms with Crippen LogP contribution in [0, 0.1) is 11.8 Å². The van der Waals surface area contributed by atoms with E-state index in [0.717, 1.165) is 19.3 Å². The first-order valence-electron chi connectivity index (χ1n) is 6.79. The Morgan fingerprint density at radius 2 is 2.18 bits per heavy atom. The first-order chi connectivity index (χ1) is 8.24. The van der Waals surface area contributed by atoms with Gasteiger partial charge in [0.05, 0.1) is 0 Å². The number of allylic oxidation sites excluding steroid dienone is 4. The van der Waals surface area contributed by atoms with Crippen molar-refractivity contribution >= 4 is 5.97 Å². The van der Waals surface area contributed by atoms with Gasteiger partial charge in [0.25, 0.3) is 0 Å². The average Bonchev–Trinajstić information content (AvgIpc) is 2.70. The van der Waals surface area contributed by atoms with Gasteiger partial charge in [0.1, 0.15) is 0 Å². The van der Waals surface area contributed by atoms with Crippen molar-refractivity contribution in [3.63, 3.8) is 0 Å². The van der Waals surface area contributed by atoms with Crippen LogP contribution in [0.15, 0.2) is 24.3 Å². The van der Waals surface area contributed by atoms with Crippen LogP contribution in [0.5, 0.6) is 0 Å². The van der Waals surface area contributed by atoms with Crippen molar-refractivity contribution in [2.45, 2.75) is 51.9 Å². The van der Waals surface area contributed by atoms with Crippen LogP contribution >= 0.6 is 0 Å². The standard InChI is InChI=1S/C15H24O2/c1-2-3-4-5-6-7-9-13-10-8-11-14(13)12-15(16)17/h5-7,9,13-14H,2-4,8,10-12H2,1H3,(H,16,17)/b6-5-,9-7?/t13?,14-/m1/s1. The monoisotopic (exact) mass is 236 g/mol. The van der Waals surface area contributed by atoms with E-state index in [4.69, 9.17) is 5.11 Å². The Bertz CT molecular complexity index is 279. The Hall–Kier alpha value is -1.05. The van der Waals surface area contributed by atoms with Crippen LogP contribution in [-0.4, -0.2) is 11.1 Å².